The Hall–Kier alpha value is -2.56. The number of nitrogens with zero attached hydrogens (tertiary/aromatic N) is 3. The largest absolute Gasteiger partial charge is 0.506 e. The Kier molecular flexibility index (Phi) is 2.19. The van der Waals surface area contributed by atoms with Gasteiger partial charge >= 0.3 is 0 Å². The van der Waals surface area contributed by atoms with E-state index in [0.29, 0.717) is 5.82 Å². The predicted molar refractivity (Wildman–Crippen MR) is 69.2 cm³/mol. The minimum atomic E-state index is 0.164. The second kappa shape index (κ2) is 3.73. The third kappa shape index (κ3) is 1.66. The first-order chi connectivity index (χ1) is 8.63. The molecule has 0 aliphatic rings. The molecule has 0 unspecified atom stereocenters. The van der Waals surface area contributed by atoms with E-state index < -0.39 is 0 Å². The molecule has 5 nitrogen and oxygen atoms in total. The van der Waals surface area contributed by atoms with Crippen molar-refractivity contribution in [2.24, 2.45) is 0 Å². The highest BCUT2D eigenvalue weighted by molar-refractivity contribution is 5.74. The molecule has 0 aromatic carbocycles. The Balaban J connectivity index is 2.21. The van der Waals surface area contributed by atoms with Crippen molar-refractivity contribution in [2.75, 3.05) is 5.73 Å². The van der Waals surface area contributed by atoms with Crippen molar-refractivity contribution in [3.63, 3.8) is 0 Å². The van der Waals surface area contributed by atoms with Crippen LogP contribution in [0.15, 0.2) is 36.7 Å². The van der Waals surface area contributed by atoms with E-state index in [1.54, 1.807) is 10.6 Å². The monoisotopic (exact) mass is 240 g/mol. The average molecular weight is 240 g/mol. The lowest BCUT2D eigenvalue weighted by atomic mass is 10.1. The fourth-order valence-electron chi connectivity index (χ4n) is 1.97. The summed E-state index contributed by atoms with van der Waals surface area (Å²) in [5.41, 5.74) is 9.05. The molecule has 0 radical (unpaired) electrons. The lowest BCUT2D eigenvalue weighted by molar-refractivity contribution is 0.474. The van der Waals surface area contributed by atoms with Crippen LogP contribution in [-0.2, 0) is 0 Å². The SMILES string of the molecule is Cc1cc(-c2ccn3nc(N)cc3c2)c(O)cn1. The van der Waals surface area contributed by atoms with Gasteiger partial charge in [0.2, 0.25) is 0 Å². The molecule has 5 heteroatoms. The zero-order valence-corrected chi connectivity index (χ0v) is 9.83. The maximum absolute atomic E-state index is 9.86. The lowest BCUT2D eigenvalue weighted by Gasteiger charge is -2.05. The number of hydrogen-bond acceptors (Lipinski definition) is 4. The molecule has 0 amide bonds. The van der Waals surface area contributed by atoms with Crippen molar-refractivity contribution >= 4 is 11.3 Å². The van der Waals surface area contributed by atoms with E-state index in [0.717, 1.165) is 22.3 Å². The van der Waals surface area contributed by atoms with E-state index in [1.807, 2.05) is 31.3 Å². The van der Waals surface area contributed by atoms with Crippen molar-refractivity contribution in [3.8, 4) is 16.9 Å². The fraction of sp³-hybridized carbons (Fsp3) is 0.0769. The summed E-state index contributed by atoms with van der Waals surface area (Å²) in [6, 6.07) is 7.45. The summed E-state index contributed by atoms with van der Waals surface area (Å²) in [6.07, 6.45) is 3.27. The standard InChI is InChI=1S/C13H12N4O/c1-8-4-11(12(18)7-15-8)9-2-3-17-10(5-9)6-13(14)16-17/h2-7,18H,1H3,(H2,14,16). The highest BCUT2D eigenvalue weighted by Crippen LogP contribution is 2.29. The van der Waals surface area contributed by atoms with Crippen molar-refractivity contribution in [2.45, 2.75) is 6.92 Å². The van der Waals surface area contributed by atoms with Gasteiger partial charge in [-0.25, -0.2) is 4.52 Å². The van der Waals surface area contributed by atoms with Crippen molar-refractivity contribution < 1.29 is 5.11 Å². The highest BCUT2D eigenvalue weighted by Gasteiger charge is 2.07. The third-order valence-electron chi connectivity index (χ3n) is 2.81. The lowest BCUT2D eigenvalue weighted by Crippen LogP contribution is -1.90. The minimum absolute atomic E-state index is 0.164. The van der Waals surface area contributed by atoms with Gasteiger partial charge in [-0.2, -0.15) is 5.10 Å². The molecule has 3 rings (SSSR count). The topological polar surface area (TPSA) is 76.4 Å². The molecular weight excluding hydrogens is 228 g/mol. The van der Waals surface area contributed by atoms with Crippen LogP contribution < -0.4 is 5.73 Å². The van der Waals surface area contributed by atoms with Gasteiger partial charge in [-0.05, 0) is 30.7 Å². The minimum Gasteiger partial charge on any atom is -0.506 e. The Labute approximate surface area is 104 Å². The second-order valence-corrected chi connectivity index (χ2v) is 4.20. The van der Waals surface area contributed by atoms with Gasteiger partial charge in [0.15, 0.2) is 0 Å². The first-order valence-corrected chi connectivity index (χ1v) is 5.54. The molecule has 0 spiro atoms. The van der Waals surface area contributed by atoms with Crippen LogP contribution in [0.5, 0.6) is 5.75 Å². The number of hydrogen-bond donors (Lipinski definition) is 2. The zero-order chi connectivity index (χ0) is 12.7. The van der Waals surface area contributed by atoms with Crippen LogP contribution in [0.4, 0.5) is 5.82 Å². The quantitative estimate of drug-likeness (QED) is 0.682. The number of aromatic hydroxyl groups is 1. The van der Waals surface area contributed by atoms with Gasteiger partial charge in [0.1, 0.15) is 11.6 Å². The number of nitrogen functional groups attached to an aromatic ring is 1. The van der Waals surface area contributed by atoms with Crippen LogP contribution in [-0.4, -0.2) is 19.7 Å². The van der Waals surface area contributed by atoms with Crippen LogP contribution in [0.1, 0.15) is 5.69 Å². The van der Waals surface area contributed by atoms with E-state index >= 15 is 0 Å². The molecule has 0 bridgehead atoms. The smallest absolute Gasteiger partial charge is 0.146 e. The molecular formula is C13H12N4O. The Morgan fingerprint density at radius 2 is 2.11 bits per heavy atom. The molecule has 0 atom stereocenters. The zero-order valence-electron chi connectivity index (χ0n) is 9.83. The number of pyridine rings is 2. The van der Waals surface area contributed by atoms with Gasteiger partial charge in [0, 0.05) is 23.5 Å². The summed E-state index contributed by atoms with van der Waals surface area (Å²) >= 11 is 0. The molecule has 0 aliphatic carbocycles. The van der Waals surface area contributed by atoms with Crippen LogP contribution in [0.2, 0.25) is 0 Å². The molecule has 3 aromatic heterocycles. The van der Waals surface area contributed by atoms with Crippen molar-refractivity contribution in [1.82, 2.24) is 14.6 Å². The number of nitrogens with two attached hydrogens (primary N) is 1. The maximum atomic E-state index is 9.86. The number of anilines is 1. The Morgan fingerprint density at radius 3 is 2.94 bits per heavy atom. The number of aryl methyl sites for hydroxylation is 1. The van der Waals surface area contributed by atoms with Crippen molar-refractivity contribution in [3.05, 3.63) is 42.4 Å². The summed E-state index contributed by atoms with van der Waals surface area (Å²) in [5.74, 6) is 0.639. The van der Waals surface area contributed by atoms with Crippen molar-refractivity contribution in [1.29, 1.82) is 0 Å². The molecule has 3 N–H and O–H groups in total. The Bertz CT molecular complexity index is 733. The van der Waals surface area contributed by atoms with E-state index in [4.69, 9.17) is 5.73 Å². The summed E-state index contributed by atoms with van der Waals surface area (Å²) in [4.78, 5) is 4.04. The first kappa shape index (κ1) is 10.6. The maximum Gasteiger partial charge on any atom is 0.146 e. The normalized spacial score (nSPS) is 10.9. The van der Waals surface area contributed by atoms with E-state index in [9.17, 15) is 5.11 Å². The van der Waals surface area contributed by atoms with Crippen LogP contribution >= 0.6 is 0 Å². The van der Waals surface area contributed by atoms with Crippen LogP contribution in [0, 0.1) is 6.92 Å². The molecule has 3 aromatic rings. The third-order valence-corrected chi connectivity index (χ3v) is 2.81. The fourth-order valence-corrected chi connectivity index (χ4v) is 1.97. The van der Waals surface area contributed by atoms with Gasteiger partial charge in [0.05, 0.1) is 11.7 Å². The summed E-state index contributed by atoms with van der Waals surface area (Å²) in [5, 5.41) is 14.0. The van der Waals surface area contributed by atoms with E-state index in [-0.39, 0.29) is 5.75 Å². The molecule has 0 aliphatic heterocycles. The number of fused-ring (bicyclic) bond motifs is 1. The molecule has 3 heterocycles. The summed E-state index contributed by atoms with van der Waals surface area (Å²) in [6.45, 7) is 1.89. The van der Waals surface area contributed by atoms with Gasteiger partial charge in [-0.1, -0.05) is 0 Å². The van der Waals surface area contributed by atoms with Gasteiger partial charge in [-0.15, -0.1) is 0 Å². The van der Waals surface area contributed by atoms with E-state index in [1.165, 1.54) is 6.20 Å². The highest BCUT2D eigenvalue weighted by atomic mass is 16.3. The molecule has 0 saturated carbocycles. The van der Waals surface area contributed by atoms with Gasteiger partial charge in [0.25, 0.3) is 0 Å². The number of aromatic nitrogens is 3. The summed E-state index contributed by atoms with van der Waals surface area (Å²) in [7, 11) is 0. The van der Waals surface area contributed by atoms with E-state index in [2.05, 4.69) is 10.1 Å². The molecule has 18 heavy (non-hydrogen) atoms. The second-order valence-electron chi connectivity index (χ2n) is 4.20. The van der Waals surface area contributed by atoms with Gasteiger partial charge in [-0.3, -0.25) is 4.98 Å². The summed E-state index contributed by atoms with van der Waals surface area (Å²) < 4.78 is 1.70. The molecule has 0 saturated heterocycles. The number of rotatable bonds is 1. The Morgan fingerprint density at radius 1 is 1.28 bits per heavy atom. The molecule has 90 valence electrons. The van der Waals surface area contributed by atoms with Crippen LogP contribution in [0.25, 0.3) is 16.6 Å². The first-order valence-electron chi connectivity index (χ1n) is 5.54. The van der Waals surface area contributed by atoms with Gasteiger partial charge < -0.3 is 10.8 Å². The van der Waals surface area contributed by atoms with Crippen LogP contribution in [0.3, 0.4) is 0 Å². The predicted octanol–water partition coefficient (Wildman–Crippen LogP) is 1.99. The molecule has 0 fully saturated rings. The average Bonchev–Trinajstić information content (AvgIpc) is 2.71.